The number of nitrogens with zero attached hydrogens (tertiary/aromatic N) is 3. The van der Waals surface area contributed by atoms with Crippen LogP contribution in [-0.4, -0.2) is 67.3 Å². The summed E-state index contributed by atoms with van der Waals surface area (Å²) in [5.74, 6) is 0.804. The van der Waals surface area contributed by atoms with Crippen molar-refractivity contribution in [3.63, 3.8) is 0 Å². The highest BCUT2D eigenvalue weighted by Crippen LogP contribution is 2.28. The maximum absolute atomic E-state index is 12.9. The van der Waals surface area contributed by atoms with Crippen molar-refractivity contribution in [3.8, 4) is 0 Å². The fraction of sp³-hybridized carbons (Fsp3) is 0.667. The number of amides is 1. The van der Waals surface area contributed by atoms with Crippen LogP contribution in [0.25, 0.3) is 0 Å². The van der Waals surface area contributed by atoms with Crippen molar-refractivity contribution in [1.82, 2.24) is 15.2 Å². The Bertz CT molecular complexity index is 588. The lowest BCUT2D eigenvalue weighted by atomic mass is 9.99. The fourth-order valence-electron chi connectivity index (χ4n) is 4.26. The van der Waals surface area contributed by atoms with Gasteiger partial charge in [-0.3, -0.25) is 9.69 Å². The number of carbonyl (C=O) groups excluding carboxylic acids is 1. The average Bonchev–Trinajstić information content (AvgIpc) is 3.05. The second-order valence-corrected chi connectivity index (χ2v) is 6.94. The normalized spacial score (nSPS) is 27.8. The molecule has 1 aromatic heterocycles. The Balaban J connectivity index is 1.48. The molecule has 0 saturated carbocycles. The van der Waals surface area contributed by atoms with Crippen molar-refractivity contribution < 1.29 is 9.53 Å². The van der Waals surface area contributed by atoms with Crippen molar-refractivity contribution in [1.29, 1.82) is 0 Å². The summed E-state index contributed by atoms with van der Waals surface area (Å²) in [6.07, 6.45) is 6.60. The second-order valence-electron chi connectivity index (χ2n) is 6.94. The van der Waals surface area contributed by atoms with Gasteiger partial charge in [0, 0.05) is 37.9 Å². The van der Waals surface area contributed by atoms with E-state index in [9.17, 15) is 4.79 Å². The molecule has 1 amide bonds. The molecule has 3 aliphatic rings. The summed E-state index contributed by atoms with van der Waals surface area (Å²) in [6, 6.07) is 4.53. The van der Waals surface area contributed by atoms with Crippen LogP contribution in [0, 0.1) is 0 Å². The molecular weight excluding hydrogens is 304 g/mol. The first kappa shape index (κ1) is 15.8. The summed E-state index contributed by atoms with van der Waals surface area (Å²) in [6.45, 7) is 5.25. The Hall–Kier alpha value is -1.66. The smallest absolute Gasteiger partial charge is 0.255 e. The van der Waals surface area contributed by atoms with Crippen LogP contribution >= 0.6 is 0 Å². The zero-order chi connectivity index (χ0) is 16.4. The van der Waals surface area contributed by atoms with Gasteiger partial charge in [-0.05, 0) is 37.9 Å². The lowest BCUT2D eigenvalue weighted by molar-refractivity contribution is 0.0913. The van der Waals surface area contributed by atoms with Gasteiger partial charge in [0.25, 0.3) is 5.91 Å². The first-order chi connectivity index (χ1) is 11.8. The van der Waals surface area contributed by atoms with Gasteiger partial charge in [0.1, 0.15) is 5.82 Å². The minimum Gasteiger partial charge on any atom is -0.378 e. The van der Waals surface area contributed by atoms with Gasteiger partial charge >= 0.3 is 0 Å². The highest BCUT2D eigenvalue weighted by atomic mass is 16.5. The van der Waals surface area contributed by atoms with Crippen molar-refractivity contribution >= 4 is 11.7 Å². The molecule has 4 heterocycles. The molecule has 1 N–H and O–H groups in total. The first-order valence-corrected chi connectivity index (χ1v) is 9.15. The molecular formula is C18H26N4O2. The highest BCUT2D eigenvalue weighted by molar-refractivity contribution is 5.99. The van der Waals surface area contributed by atoms with Gasteiger partial charge in [-0.25, -0.2) is 4.98 Å². The van der Waals surface area contributed by atoms with E-state index in [2.05, 4.69) is 20.1 Å². The van der Waals surface area contributed by atoms with Crippen molar-refractivity contribution in [2.45, 2.75) is 37.8 Å². The van der Waals surface area contributed by atoms with Crippen LogP contribution in [0.15, 0.2) is 18.3 Å². The van der Waals surface area contributed by atoms with E-state index >= 15 is 0 Å². The van der Waals surface area contributed by atoms with E-state index in [0.717, 1.165) is 31.9 Å². The number of carbonyl (C=O) groups is 1. The molecule has 0 bridgehead atoms. The van der Waals surface area contributed by atoms with Crippen LogP contribution in [0.3, 0.4) is 0 Å². The van der Waals surface area contributed by atoms with Crippen LogP contribution in [0.2, 0.25) is 0 Å². The quantitative estimate of drug-likeness (QED) is 0.905. The Morgan fingerprint density at radius 2 is 2.04 bits per heavy atom. The molecule has 130 valence electrons. The molecule has 2 atom stereocenters. The van der Waals surface area contributed by atoms with Gasteiger partial charge in [-0.1, -0.05) is 6.42 Å². The molecule has 6 nitrogen and oxygen atoms in total. The van der Waals surface area contributed by atoms with E-state index in [-0.39, 0.29) is 11.9 Å². The van der Waals surface area contributed by atoms with Gasteiger partial charge < -0.3 is 15.0 Å². The molecule has 24 heavy (non-hydrogen) atoms. The number of aromatic nitrogens is 1. The summed E-state index contributed by atoms with van der Waals surface area (Å²) in [5.41, 5.74) is 0.689. The zero-order valence-electron chi connectivity index (χ0n) is 14.1. The summed E-state index contributed by atoms with van der Waals surface area (Å²) >= 11 is 0. The van der Waals surface area contributed by atoms with Crippen molar-refractivity contribution in [3.05, 3.63) is 23.9 Å². The Morgan fingerprint density at radius 3 is 2.92 bits per heavy atom. The number of hydrogen-bond donors (Lipinski definition) is 1. The maximum Gasteiger partial charge on any atom is 0.255 e. The summed E-state index contributed by atoms with van der Waals surface area (Å²) in [5, 5.41) is 3.30. The highest BCUT2D eigenvalue weighted by Gasteiger charge is 2.36. The predicted octanol–water partition coefficient (Wildman–Crippen LogP) is 1.27. The third kappa shape index (κ3) is 3.13. The predicted molar refractivity (Wildman–Crippen MR) is 92.4 cm³/mol. The lowest BCUT2D eigenvalue weighted by Crippen LogP contribution is -2.47. The Kier molecular flexibility index (Phi) is 4.67. The van der Waals surface area contributed by atoms with E-state index in [1.807, 2.05) is 12.1 Å². The van der Waals surface area contributed by atoms with Gasteiger partial charge in [0.2, 0.25) is 0 Å². The van der Waals surface area contributed by atoms with Gasteiger partial charge in [-0.15, -0.1) is 0 Å². The van der Waals surface area contributed by atoms with Crippen LogP contribution in [0.4, 0.5) is 5.82 Å². The van der Waals surface area contributed by atoms with E-state index < -0.39 is 0 Å². The largest absolute Gasteiger partial charge is 0.378 e. The molecule has 0 unspecified atom stereocenters. The number of piperidine rings is 1. The van der Waals surface area contributed by atoms with E-state index in [1.165, 1.54) is 25.8 Å². The van der Waals surface area contributed by atoms with Crippen LogP contribution in [-0.2, 0) is 4.74 Å². The topological polar surface area (TPSA) is 57.7 Å². The first-order valence-electron chi connectivity index (χ1n) is 9.15. The van der Waals surface area contributed by atoms with Crippen molar-refractivity contribution in [2.75, 3.05) is 44.3 Å². The third-order valence-electron chi connectivity index (χ3n) is 5.51. The third-order valence-corrected chi connectivity index (χ3v) is 5.51. The minimum atomic E-state index is 0.0158. The number of rotatable bonds is 3. The van der Waals surface area contributed by atoms with Gasteiger partial charge in [0.15, 0.2) is 0 Å². The molecule has 3 saturated heterocycles. The van der Waals surface area contributed by atoms with Crippen molar-refractivity contribution in [2.24, 2.45) is 0 Å². The van der Waals surface area contributed by atoms with E-state index in [0.29, 0.717) is 24.8 Å². The molecule has 3 fully saturated rings. The number of morpholine rings is 1. The molecule has 6 heteroatoms. The average molecular weight is 330 g/mol. The number of fused-ring (bicyclic) bond motifs is 1. The summed E-state index contributed by atoms with van der Waals surface area (Å²) in [4.78, 5) is 22.1. The number of nitrogens with one attached hydrogen (secondary N) is 1. The van der Waals surface area contributed by atoms with Gasteiger partial charge in [0.05, 0.1) is 18.8 Å². The van der Waals surface area contributed by atoms with E-state index in [1.54, 1.807) is 6.20 Å². The zero-order valence-corrected chi connectivity index (χ0v) is 14.1. The number of hydrogen-bond acceptors (Lipinski definition) is 5. The lowest BCUT2D eigenvalue weighted by Gasteiger charge is -2.33. The van der Waals surface area contributed by atoms with Crippen LogP contribution in [0.1, 0.15) is 36.0 Å². The molecule has 4 rings (SSSR count). The molecule has 3 aliphatic heterocycles. The van der Waals surface area contributed by atoms with E-state index in [4.69, 9.17) is 4.74 Å². The molecule has 0 aliphatic carbocycles. The SMILES string of the molecule is O=C(N[C@@H]1CCN2CCCC[C@H]12)c1cccnc1N1CCOCC1. The van der Waals surface area contributed by atoms with Gasteiger partial charge in [-0.2, -0.15) is 0 Å². The number of ether oxygens (including phenoxy) is 1. The second kappa shape index (κ2) is 7.07. The number of anilines is 1. The number of pyridine rings is 1. The standard InChI is InChI=1S/C18H26N4O2/c23-18(20-15-6-9-21-8-2-1-5-16(15)21)14-4-3-7-19-17(14)22-10-12-24-13-11-22/h3-4,7,15-16H,1-2,5-6,8-13H2,(H,20,23)/t15-,16-/m1/s1. The Morgan fingerprint density at radius 1 is 1.17 bits per heavy atom. The molecule has 1 aromatic rings. The summed E-state index contributed by atoms with van der Waals surface area (Å²) < 4.78 is 5.41. The molecule has 0 aromatic carbocycles. The Labute approximate surface area is 143 Å². The van der Waals surface area contributed by atoms with Crippen LogP contribution < -0.4 is 10.2 Å². The summed E-state index contributed by atoms with van der Waals surface area (Å²) in [7, 11) is 0. The maximum atomic E-state index is 12.9. The molecule has 0 radical (unpaired) electrons. The molecule has 0 spiro atoms. The van der Waals surface area contributed by atoms with Crippen LogP contribution in [0.5, 0.6) is 0 Å². The minimum absolute atomic E-state index is 0.0158. The fourth-order valence-corrected chi connectivity index (χ4v) is 4.26. The monoisotopic (exact) mass is 330 g/mol.